The Morgan fingerprint density at radius 3 is 1.40 bits per heavy atom. The lowest BCUT2D eigenvalue weighted by Crippen LogP contribution is -2.22. The maximum absolute atomic E-state index is 2.34. The van der Waals surface area contributed by atoms with Crippen molar-refractivity contribution in [3.63, 3.8) is 0 Å². The monoisotopic (exact) mass is 332 g/mol. The van der Waals surface area contributed by atoms with Gasteiger partial charge in [-0.15, -0.1) is 0 Å². The van der Waals surface area contributed by atoms with Crippen LogP contribution >= 0.6 is 0 Å². The van der Waals surface area contributed by atoms with Gasteiger partial charge in [0.15, 0.2) is 0 Å². The summed E-state index contributed by atoms with van der Waals surface area (Å²) in [5.74, 6) is 1.16. The molecule has 0 saturated heterocycles. The summed E-state index contributed by atoms with van der Waals surface area (Å²) in [6.45, 7) is 16.2. The van der Waals surface area contributed by atoms with E-state index < -0.39 is 0 Å². The Balaban J connectivity index is 2.23. The second-order valence-electron chi connectivity index (χ2n) is 9.66. The van der Waals surface area contributed by atoms with Gasteiger partial charge in [0.2, 0.25) is 0 Å². The van der Waals surface area contributed by atoms with Crippen molar-refractivity contribution < 1.29 is 0 Å². The van der Waals surface area contributed by atoms with Gasteiger partial charge in [0.05, 0.1) is 0 Å². The molecular formula is C23H34B2. The van der Waals surface area contributed by atoms with E-state index in [1.54, 1.807) is 0 Å². The molecule has 0 fully saturated rings. The summed E-state index contributed by atoms with van der Waals surface area (Å²) < 4.78 is 0. The Morgan fingerprint density at radius 1 is 0.680 bits per heavy atom. The van der Waals surface area contributed by atoms with Crippen LogP contribution in [0.5, 0.6) is 0 Å². The highest BCUT2D eigenvalue weighted by Gasteiger charge is 2.25. The average Bonchev–Trinajstić information content (AvgIpc) is 2.53. The number of rotatable bonds is 4. The van der Waals surface area contributed by atoms with Crippen molar-refractivity contribution in [3.8, 4) is 11.1 Å². The number of benzene rings is 2. The van der Waals surface area contributed by atoms with E-state index in [1.165, 1.54) is 29.5 Å². The van der Waals surface area contributed by atoms with E-state index in [-0.39, 0.29) is 0 Å². The third kappa shape index (κ3) is 4.81. The molecule has 0 aromatic heterocycles. The topological polar surface area (TPSA) is 0 Å². The van der Waals surface area contributed by atoms with Crippen molar-refractivity contribution in [3.05, 3.63) is 59.7 Å². The molecule has 0 amide bonds. The van der Waals surface area contributed by atoms with Gasteiger partial charge in [-0.3, -0.25) is 0 Å². The van der Waals surface area contributed by atoms with E-state index in [4.69, 9.17) is 0 Å². The van der Waals surface area contributed by atoms with E-state index in [1.807, 2.05) is 0 Å². The lowest BCUT2D eigenvalue weighted by atomic mass is 9.54. The van der Waals surface area contributed by atoms with Crippen molar-refractivity contribution >= 4 is 15.1 Å². The Bertz CT molecular complexity index is 670. The van der Waals surface area contributed by atoms with Gasteiger partial charge in [-0.2, -0.15) is 0 Å². The van der Waals surface area contributed by atoms with Crippen molar-refractivity contribution in [1.29, 1.82) is 0 Å². The first kappa shape index (κ1) is 19.9. The lowest BCUT2D eigenvalue weighted by molar-refractivity contribution is 0.392. The first-order valence-electron chi connectivity index (χ1n) is 9.74. The normalized spacial score (nSPS) is 14.8. The Labute approximate surface area is 157 Å². The van der Waals surface area contributed by atoms with E-state index >= 15 is 0 Å². The van der Waals surface area contributed by atoms with Gasteiger partial charge >= 0.3 is 0 Å². The van der Waals surface area contributed by atoms with Crippen molar-refractivity contribution in [2.24, 2.45) is 10.8 Å². The van der Waals surface area contributed by atoms with Gasteiger partial charge in [-0.1, -0.05) is 108 Å². The van der Waals surface area contributed by atoms with Crippen LogP contribution in [0.1, 0.15) is 64.3 Å². The van der Waals surface area contributed by atoms with Crippen LogP contribution in [0.15, 0.2) is 48.5 Å². The second-order valence-corrected chi connectivity index (χ2v) is 9.66. The van der Waals surface area contributed by atoms with Crippen LogP contribution in [0.3, 0.4) is 0 Å². The summed E-state index contributed by atoms with van der Waals surface area (Å²) in [7, 11) is 3.50. The molecule has 0 heterocycles. The van der Waals surface area contributed by atoms with Gasteiger partial charge in [-0.25, -0.2) is 0 Å². The maximum atomic E-state index is 2.34. The number of hydrogen-bond acceptors (Lipinski definition) is 0. The second kappa shape index (κ2) is 7.44. The fraction of sp³-hybridized carbons (Fsp3) is 0.478. The summed E-state index contributed by atoms with van der Waals surface area (Å²) in [4.78, 5) is 0. The summed E-state index contributed by atoms with van der Waals surface area (Å²) in [5, 5.41) is 0. The molecule has 2 atom stereocenters. The summed E-state index contributed by atoms with van der Waals surface area (Å²) in [6.07, 6.45) is 0. The first-order valence-corrected chi connectivity index (χ1v) is 9.74. The molecular weight excluding hydrogens is 298 g/mol. The standard InChI is InChI=1S/C23H34B2/c1-22(2,3)20(24)18-12-8-16(9-13-18)17-10-14-19(15-11-17)21(25-7)23(4,5)6/h8-15,20-21,25H,24H2,1-7H3. The molecule has 0 radical (unpaired) electrons. The largest absolute Gasteiger partial charge is 0.127 e. The van der Waals surface area contributed by atoms with Gasteiger partial charge in [0, 0.05) is 0 Å². The van der Waals surface area contributed by atoms with Crippen LogP contribution in [0.4, 0.5) is 0 Å². The molecule has 0 N–H and O–H groups in total. The zero-order valence-electron chi connectivity index (χ0n) is 17.5. The van der Waals surface area contributed by atoms with Gasteiger partial charge in [0.25, 0.3) is 0 Å². The molecule has 0 aliphatic rings. The molecule has 2 aromatic carbocycles. The molecule has 0 bridgehead atoms. The minimum atomic E-state index is 0.297. The predicted octanol–water partition coefficient (Wildman–Crippen LogP) is 5.65. The van der Waals surface area contributed by atoms with Crippen molar-refractivity contribution in [1.82, 2.24) is 0 Å². The number of hydrogen-bond donors (Lipinski definition) is 0. The molecule has 2 aromatic rings. The van der Waals surface area contributed by atoms with E-state index in [9.17, 15) is 0 Å². The molecule has 25 heavy (non-hydrogen) atoms. The molecule has 2 unspecified atom stereocenters. The zero-order valence-corrected chi connectivity index (χ0v) is 17.5. The van der Waals surface area contributed by atoms with Gasteiger partial charge in [-0.05, 0) is 33.6 Å². The van der Waals surface area contributed by atoms with Crippen LogP contribution in [0.25, 0.3) is 11.1 Å². The molecule has 132 valence electrons. The van der Waals surface area contributed by atoms with E-state index in [0.29, 0.717) is 22.5 Å². The Morgan fingerprint density at radius 2 is 1.08 bits per heavy atom. The van der Waals surface area contributed by atoms with Crippen LogP contribution in [0.2, 0.25) is 6.82 Å². The lowest BCUT2D eigenvalue weighted by Gasteiger charge is -2.30. The highest BCUT2D eigenvalue weighted by molar-refractivity contribution is 6.36. The van der Waals surface area contributed by atoms with Gasteiger partial charge in [0.1, 0.15) is 15.1 Å². The third-order valence-electron chi connectivity index (χ3n) is 5.81. The minimum absolute atomic E-state index is 0.297. The Kier molecular flexibility index (Phi) is 5.92. The summed E-state index contributed by atoms with van der Waals surface area (Å²) in [6, 6.07) is 18.3. The highest BCUT2D eigenvalue weighted by atomic mass is 14.2. The fourth-order valence-corrected chi connectivity index (χ4v) is 3.72. The van der Waals surface area contributed by atoms with Crippen LogP contribution in [0, 0.1) is 10.8 Å². The van der Waals surface area contributed by atoms with Crippen LogP contribution < -0.4 is 0 Å². The molecule has 0 spiro atoms. The van der Waals surface area contributed by atoms with Crippen molar-refractivity contribution in [2.75, 3.05) is 0 Å². The van der Waals surface area contributed by atoms with E-state index in [2.05, 4.69) is 105 Å². The van der Waals surface area contributed by atoms with Gasteiger partial charge < -0.3 is 0 Å². The third-order valence-corrected chi connectivity index (χ3v) is 5.81. The van der Waals surface area contributed by atoms with Crippen LogP contribution in [-0.2, 0) is 0 Å². The summed E-state index contributed by atoms with van der Waals surface area (Å²) >= 11 is 0. The van der Waals surface area contributed by atoms with Crippen LogP contribution in [-0.4, -0.2) is 15.1 Å². The highest BCUT2D eigenvalue weighted by Crippen LogP contribution is 2.36. The smallest absolute Gasteiger partial charge is 0.0888 e. The molecule has 0 aliphatic carbocycles. The average molecular weight is 332 g/mol. The van der Waals surface area contributed by atoms with E-state index in [0.717, 1.165) is 0 Å². The fourth-order valence-electron chi connectivity index (χ4n) is 3.72. The van der Waals surface area contributed by atoms with Crippen molar-refractivity contribution in [2.45, 2.75) is 60.0 Å². The Hall–Kier alpha value is -1.43. The minimum Gasteiger partial charge on any atom is -0.0888 e. The SMILES string of the molecule is BC(c1ccc(-c2ccc(C(BC)C(C)(C)C)cc2)cc1)C(C)(C)C. The molecule has 2 heteroatoms. The molecule has 2 rings (SSSR count). The zero-order chi connectivity index (χ0) is 18.8. The summed E-state index contributed by atoms with van der Waals surface area (Å²) in [5.41, 5.74) is 6.10. The predicted molar refractivity (Wildman–Crippen MR) is 118 cm³/mol. The maximum Gasteiger partial charge on any atom is 0.127 e. The molecule has 0 saturated carbocycles. The molecule has 0 aliphatic heterocycles. The quantitative estimate of drug-likeness (QED) is 0.635. The molecule has 0 nitrogen and oxygen atoms in total. The first-order chi connectivity index (χ1) is 11.5.